The third kappa shape index (κ3) is 1.48. The number of rotatable bonds is 1. The van der Waals surface area contributed by atoms with Gasteiger partial charge in [0.1, 0.15) is 5.82 Å². The van der Waals surface area contributed by atoms with Crippen LogP contribution in [0.15, 0.2) is 4.79 Å². The van der Waals surface area contributed by atoms with Crippen LogP contribution in [0, 0.1) is 13.8 Å². The van der Waals surface area contributed by atoms with Gasteiger partial charge in [0.25, 0.3) is 5.56 Å². The number of aromatic nitrogens is 2. The van der Waals surface area contributed by atoms with E-state index in [4.69, 9.17) is 0 Å². The van der Waals surface area contributed by atoms with Gasteiger partial charge in [-0.1, -0.05) is 6.92 Å². The highest BCUT2D eigenvalue weighted by molar-refractivity contribution is 5.15. The predicted molar refractivity (Wildman–Crippen MR) is 43.7 cm³/mol. The zero-order valence-corrected chi connectivity index (χ0v) is 7.06. The van der Waals surface area contributed by atoms with Crippen LogP contribution in [0.5, 0.6) is 0 Å². The van der Waals surface area contributed by atoms with Crippen molar-refractivity contribution >= 4 is 0 Å². The van der Waals surface area contributed by atoms with Gasteiger partial charge in [-0.2, -0.15) is 0 Å². The van der Waals surface area contributed by atoms with Crippen LogP contribution in [-0.2, 0) is 6.42 Å². The molecule has 0 aliphatic rings. The van der Waals surface area contributed by atoms with E-state index in [0.717, 1.165) is 17.7 Å². The summed E-state index contributed by atoms with van der Waals surface area (Å²) in [6.45, 7) is 5.60. The van der Waals surface area contributed by atoms with Gasteiger partial charge < -0.3 is 4.98 Å². The lowest BCUT2D eigenvalue weighted by atomic mass is 10.2. The Hall–Kier alpha value is -1.12. The van der Waals surface area contributed by atoms with Gasteiger partial charge in [0.2, 0.25) is 0 Å². The Bertz CT molecular complexity index is 314. The molecule has 0 aliphatic carbocycles. The minimum absolute atomic E-state index is 0.00231. The van der Waals surface area contributed by atoms with Gasteiger partial charge in [0.05, 0.1) is 0 Å². The molecule has 0 unspecified atom stereocenters. The van der Waals surface area contributed by atoms with E-state index in [1.165, 1.54) is 0 Å². The second-order valence-corrected chi connectivity index (χ2v) is 2.57. The van der Waals surface area contributed by atoms with Crippen LogP contribution in [0.1, 0.15) is 24.0 Å². The molecule has 0 radical (unpaired) electrons. The SMILES string of the molecule is CCc1c(C)nc(C)[nH]c1=O. The van der Waals surface area contributed by atoms with Crippen molar-refractivity contribution in [1.82, 2.24) is 9.97 Å². The molecule has 11 heavy (non-hydrogen) atoms. The average Bonchev–Trinajstić information content (AvgIpc) is 1.85. The Kier molecular flexibility index (Phi) is 2.08. The van der Waals surface area contributed by atoms with E-state index >= 15 is 0 Å². The molecule has 1 heterocycles. The second kappa shape index (κ2) is 2.86. The average molecular weight is 152 g/mol. The number of hydrogen-bond acceptors (Lipinski definition) is 2. The first kappa shape index (κ1) is 7.98. The van der Waals surface area contributed by atoms with Crippen LogP contribution in [0.4, 0.5) is 0 Å². The molecule has 1 aromatic rings. The predicted octanol–water partition coefficient (Wildman–Crippen LogP) is 0.949. The molecule has 0 fully saturated rings. The van der Waals surface area contributed by atoms with Gasteiger partial charge in [-0.05, 0) is 20.3 Å². The molecule has 0 amide bonds. The molecule has 3 nitrogen and oxygen atoms in total. The highest BCUT2D eigenvalue weighted by Gasteiger charge is 2.02. The van der Waals surface area contributed by atoms with E-state index in [-0.39, 0.29) is 5.56 Å². The fraction of sp³-hybridized carbons (Fsp3) is 0.500. The maximum atomic E-state index is 11.2. The quantitative estimate of drug-likeness (QED) is 0.651. The van der Waals surface area contributed by atoms with Gasteiger partial charge in [-0.25, -0.2) is 4.98 Å². The first-order valence-electron chi connectivity index (χ1n) is 3.71. The van der Waals surface area contributed by atoms with Crippen molar-refractivity contribution in [2.24, 2.45) is 0 Å². The molecular formula is C8H12N2O. The zero-order valence-electron chi connectivity index (χ0n) is 7.06. The van der Waals surface area contributed by atoms with E-state index in [2.05, 4.69) is 9.97 Å². The van der Waals surface area contributed by atoms with Crippen LogP contribution in [0.2, 0.25) is 0 Å². The van der Waals surface area contributed by atoms with Crippen molar-refractivity contribution in [1.29, 1.82) is 0 Å². The summed E-state index contributed by atoms with van der Waals surface area (Å²) in [7, 11) is 0. The van der Waals surface area contributed by atoms with Gasteiger partial charge in [0, 0.05) is 11.3 Å². The Labute approximate surface area is 65.5 Å². The van der Waals surface area contributed by atoms with E-state index in [0.29, 0.717) is 5.82 Å². The van der Waals surface area contributed by atoms with Gasteiger partial charge in [0.15, 0.2) is 0 Å². The maximum absolute atomic E-state index is 11.2. The van der Waals surface area contributed by atoms with Crippen LogP contribution < -0.4 is 5.56 Å². The van der Waals surface area contributed by atoms with Gasteiger partial charge in [-0.15, -0.1) is 0 Å². The van der Waals surface area contributed by atoms with Crippen molar-refractivity contribution in [3.63, 3.8) is 0 Å². The molecule has 0 saturated carbocycles. The van der Waals surface area contributed by atoms with Crippen molar-refractivity contribution in [3.8, 4) is 0 Å². The van der Waals surface area contributed by atoms with Crippen LogP contribution in [0.3, 0.4) is 0 Å². The topological polar surface area (TPSA) is 45.8 Å². The van der Waals surface area contributed by atoms with E-state index in [9.17, 15) is 4.79 Å². The number of hydrogen-bond donors (Lipinski definition) is 1. The third-order valence-electron chi connectivity index (χ3n) is 1.69. The molecular weight excluding hydrogens is 140 g/mol. The van der Waals surface area contributed by atoms with E-state index < -0.39 is 0 Å². The Morgan fingerprint density at radius 3 is 2.55 bits per heavy atom. The monoisotopic (exact) mass is 152 g/mol. The molecule has 0 aromatic carbocycles. The molecule has 1 aromatic heterocycles. The minimum Gasteiger partial charge on any atom is -0.311 e. The lowest BCUT2D eigenvalue weighted by molar-refractivity contribution is 0.916. The lowest BCUT2D eigenvalue weighted by Crippen LogP contribution is -2.16. The molecule has 0 atom stereocenters. The number of nitrogens with one attached hydrogen (secondary N) is 1. The van der Waals surface area contributed by atoms with Gasteiger partial charge in [-0.3, -0.25) is 4.79 Å². The number of H-pyrrole nitrogens is 1. The minimum atomic E-state index is -0.00231. The molecule has 60 valence electrons. The van der Waals surface area contributed by atoms with Crippen molar-refractivity contribution in [3.05, 3.63) is 27.4 Å². The number of nitrogens with zero attached hydrogens (tertiary/aromatic N) is 1. The first-order valence-corrected chi connectivity index (χ1v) is 3.71. The summed E-state index contributed by atoms with van der Waals surface area (Å²) in [5.41, 5.74) is 1.63. The highest BCUT2D eigenvalue weighted by atomic mass is 16.1. The molecule has 1 N–H and O–H groups in total. The molecule has 0 aliphatic heterocycles. The van der Waals surface area contributed by atoms with E-state index in [1.807, 2.05) is 13.8 Å². The largest absolute Gasteiger partial charge is 0.311 e. The summed E-state index contributed by atoms with van der Waals surface area (Å²) >= 11 is 0. The van der Waals surface area contributed by atoms with Crippen molar-refractivity contribution < 1.29 is 0 Å². The fourth-order valence-electron chi connectivity index (χ4n) is 1.17. The van der Waals surface area contributed by atoms with Gasteiger partial charge >= 0.3 is 0 Å². The molecule has 0 bridgehead atoms. The normalized spacial score (nSPS) is 10.1. The van der Waals surface area contributed by atoms with Crippen LogP contribution in [-0.4, -0.2) is 9.97 Å². The fourth-order valence-corrected chi connectivity index (χ4v) is 1.17. The summed E-state index contributed by atoms with van der Waals surface area (Å²) in [4.78, 5) is 18.0. The van der Waals surface area contributed by atoms with Crippen LogP contribution in [0.25, 0.3) is 0 Å². The zero-order chi connectivity index (χ0) is 8.43. The smallest absolute Gasteiger partial charge is 0.254 e. The molecule has 3 heteroatoms. The Morgan fingerprint density at radius 2 is 2.09 bits per heavy atom. The van der Waals surface area contributed by atoms with Crippen LogP contribution >= 0.6 is 0 Å². The summed E-state index contributed by atoms with van der Waals surface area (Å²) in [6, 6.07) is 0. The van der Waals surface area contributed by atoms with E-state index in [1.54, 1.807) is 6.92 Å². The Morgan fingerprint density at radius 1 is 1.45 bits per heavy atom. The summed E-state index contributed by atoms with van der Waals surface area (Å²) in [5.74, 6) is 0.685. The molecule has 0 spiro atoms. The third-order valence-corrected chi connectivity index (χ3v) is 1.69. The standard InChI is InChI=1S/C8H12N2O/c1-4-7-5(2)9-6(3)10-8(7)11/h4H2,1-3H3,(H,9,10,11). The summed E-state index contributed by atoms with van der Waals surface area (Å²) in [5, 5.41) is 0. The summed E-state index contributed by atoms with van der Waals surface area (Å²) in [6.07, 6.45) is 0.744. The summed E-state index contributed by atoms with van der Waals surface area (Å²) < 4.78 is 0. The van der Waals surface area contributed by atoms with Crippen molar-refractivity contribution in [2.75, 3.05) is 0 Å². The second-order valence-electron chi connectivity index (χ2n) is 2.57. The number of aromatic amines is 1. The molecule has 0 saturated heterocycles. The first-order chi connectivity index (χ1) is 5.15. The molecule has 1 rings (SSSR count). The maximum Gasteiger partial charge on any atom is 0.254 e. The van der Waals surface area contributed by atoms with Crippen molar-refractivity contribution in [2.45, 2.75) is 27.2 Å². The Balaban J connectivity index is 3.37. The highest BCUT2D eigenvalue weighted by Crippen LogP contribution is 1.98. The number of aryl methyl sites for hydroxylation is 2. The lowest BCUT2D eigenvalue weighted by Gasteiger charge is -2.00.